The van der Waals surface area contributed by atoms with Crippen molar-refractivity contribution in [3.63, 3.8) is 0 Å². The molecule has 1 amide bonds. The number of benzene rings is 1. The highest BCUT2D eigenvalue weighted by molar-refractivity contribution is 6.04. The Hall–Kier alpha value is -2.63. The molecule has 3 aromatic rings. The Bertz CT molecular complexity index is 953. The molecule has 0 fully saturated rings. The van der Waals surface area contributed by atoms with Gasteiger partial charge in [0, 0.05) is 17.4 Å². The fourth-order valence-corrected chi connectivity index (χ4v) is 2.73. The molecule has 0 saturated carbocycles. The molecule has 0 bridgehead atoms. The fourth-order valence-electron chi connectivity index (χ4n) is 2.73. The first kappa shape index (κ1) is 16.2. The van der Waals surface area contributed by atoms with Gasteiger partial charge in [0.1, 0.15) is 17.6 Å². The van der Waals surface area contributed by atoms with Crippen LogP contribution in [0.5, 0.6) is 0 Å². The summed E-state index contributed by atoms with van der Waals surface area (Å²) in [6, 6.07) is 5.93. The van der Waals surface area contributed by atoms with Crippen LogP contribution < -0.4 is 10.9 Å². The molecule has 0 aliphatic carbocycles. The quantitative estimate of drug-likeness (QED) is 0.755. The Morgan fingerprint density at radius 1 is 1.38 bits per heavy atom. The first-order chi connectivity index (χ1) is 11.5. The molecule has 3 rings (SSSR count). The lowest BCUT2D eigenvalue weighted by molar-refractivity contribution is -0.121. The number of aryl methyl sites for hydroxylation is 1. The lowest BCUT2D eigenvalue weighted by Gasteiger charge is -2.08. The summed E-state index contributed by atoms with van der Waals surface area (Å²) in [6.45, 7) is 6.81. The number of carbonyl (C=O) groups excluding carboxylic acids is 1. The Balaban J connectivity index is 1.88. The molecular weight excluding hydrogens is 304 g/mol. The molecule has 126 valence electrons. The number of aromatic amines is 1. The summed E-state index contributed by atoms with van der Waals surface area (Å²) in [6.07, 6.45) is 2.36. The minimum atomic E-state index is -0.229. The van der Waals surface area contributed by atoms with Crippen LogP contribution in [0.1, 0.15) is 25.8 Å². The van der Waals surface area contributed by atoms with Crippen LogP contribution in [0.3, 0.4) is 0 Å². The number of aromatic nitrogens is 3. The number of nitrogens with zero attached hydrogens (tertiary/aromatic N) is 2. The monoisotopic (exact) mass is 326 g/mol. The van der Waals surface area contributed by atoms with Gasteiger partial charge in [0.05, 0.1) is 6.33 Å². The molecule has 0 aliphatic rings. The summed E-state index contributed by atoms with van der Waals surface area (Å²) < 4.78 is 1.34. The molecule has 0 unspecified atom stereocenters. The fraction of sp³-hybridized carbons (Fsp3) is 0.389. The average Bonchev–Trinajstić information content (AvgIpc) is 2.88. The average molecular weight is 326 g/mol. The normalized spacial score (nSPS) is 11.5. The largest absolute Gasteiger partial charge is 0.355 e. The standard InChI is InChI=1S/C18H22N4O2/c1-11(2)6-7-19-15(23)9-22-10-20-16-13-8-12(3)4-5-14(13)21-17(16)18(22)24/h4-5,8,10-11,21H,6-7,9H2,1-3H3,(H,19,23). The number of carbonyl (C=O) groups is 1. The number of hydrogen-bond donors (Lipinski definition) is 2. The molecule has 6 heteroatoms. The van der Waals surface area contributed by atoms with Gasteiger partial charge in [-0.3, -0.25) is 14.2 Å². The van der Waals surface area contributed by atoms with Gasteiger partial charge in [-0.25, -0.2) is 4.98 Å². The van der Waals surface area contributed by atoms with Crippen LogP contribution in [-0.4, -0.2) is 27.0 Å². The number of amides is 1. The van der Waals surface area contributed by atoms with Crippen LogP contribution in [-0.2, 0) is 11.3 Å². The van der Waals surface area contributed by atoms with Crippen LogP contribution in [0, 0.1) is 12.8 Å². The zero-order chi connectivity index (χ0) is 17.3. The summed E-state index contributed by atoms with van der Waals surface area (Å²) >= 11 is 0. The number of rotatable bonds is 5. The van der Waals surface area contributed by atoms with Crippen molar-refractivity contribution in [3.05, 3.63) is 40.4 Å². The lowest BCUT2D eigenvalue weighted by atomic mass is 10.1. The maximum absolute atomic E-state index is 12.6. The molecule has 0 aliphatic heterocycles. The molecule has 1 aromatic carbocycles. The van der Waals surface area contributed by atoms with Gasteiger partial charge in [-0.1, -0.05) is 25.5 Å². The van der Waals surface area contributed by atoms with Crippen molar-refractivity contribution in [1.82, 2.24) is 19.9 Å². The predicted molar refractivity (Wildman–Crippen MR) is 95.1 cm³/mol. The second-order valence-electron chi connectivity index (χ2n) is 6.61. The maximum Gasteiger partial charge on any atom is 0.278 e. The van der Waals surface area contributed by atoms with E-state index in [9.17, 15) is 9.59 Å². The number of H-pyrrole nitrogens is 1. The van der Waals surface area contributed by atoms with E-state index < -0.39 is 0 Å². The van der Waals surface area contributed by atoms with Gasteiger partial charge < -0.3 is 10.3 Å². The Labute approximate surface area is 139 Å². The van der Waals surface area contributed by atoms with Crippen molar-refractivity contribution in [2.24, 2.45) is 5.92 Å². The molecule has 0 saturated heterocycles. The third-order valence-corrected chi connectivity index (χ3v) is 4.09. The number of nitrogens with one attached hydrogen (secondary N) is 2. The van der Waals surface area contributed by atoms with E-state index in [1.54, 1.807) is 0 Å². The smallest absolute Gasteiger partial charge is 0.278 e. The van der Waals surface area contributed by atoms with Gasteiger partial charge in [-0.2, -0.15) is 0 Å². The minimum Gasteiger partial charge on any atom is -0.355 e. The third-order valence-electron chi connectivity index (χ3n) is 4.09. The van der Waals surface area contributed by atoms with Crippen molar-refractivity contribution in [1.29, 1.82) is 0 Å². The summed E-state index contributed by atoms with van der Waals surface area (Å²) in [5.74, 6) is 0.353. The molecule has 0 atom stereocenters. The molecule has 6 nitrogen and oxygen atoms in total. The lowest BCUT2D eigenvalue weighted by Crippen LogP contribution is -2.33. The van der Waals surface area contributed by atoms with Crippen LogP contribution >= 0.6 is 0 Å². The highest BCUT2D eigenvalue weighted by atomic mass is 16.2. The van der Waals surface area contributed by atoms with Gasteiger partial charge in [0.25, 0.3) is 5.56 Å². The van der Waals surface area contributed by atoms with Crippen LogP contribution in [0.2, 0.25) is 0 Å². The zero-order valence-corrected chi connectivity index (χ0v) is 14.2. The Morgan fingerprint density at radius 3 is 2.92 bits per heavy atom. The second-order valence-corrected chi connectivity index (χ2v) is 6.61. The van der Waals surface area contributed by atoms with Gasteiger partial charge >= 0.3 is 0 Å². The zero-order valence-electron chi connectivity index (χ0n) is 14.2. The van der Waals surface area contributed by atoms with E-state index in [2.05, 4.69) is 29.1 Å². The van der Waals surface area contributed by atoms with E-state index in [0.717, 1.165) is 22.9 Å². The van der Waals surface area contributed by atoms with Gasteiger partial charge in [0.15, 0.2) is 0 Å². The first-order valence-corrected chi connectivity index (χ1v) is 8.20. The first-order valence-electron chi connectivity index (χ1n) is 8.20. The summed E-state index contributed by atoms with van der Waals surface area (Å²) in [7, 11) is 0. The highest BCUT2D eigenvalue weighted by Crippen LogP contribution is 2.22. The van der Waals surface area contributed by atoms with E-state index in [4.69, 9.17) is 0 Å². The minimum absolute atomic E-state index is 0.0196. The molecule has 24 heavy (non-hydrogen) atoms. The van der Waals surface area contributed by atoms with Crippen LogP contribution in [0.4, 0.5) is 0 Å². The van der Waals surface area contributed by atoms with E-state index >= 15 is 0 Å². The number of hydrogen-bond acceptors (Lipinski definition) is 3. The molecule has 0 radical (unpaired) electrons. The SMILES string of the molecule is Cc1ccc2[nH]c3c(=O)n(CC(=O)NCCC(C)C)cnc3c2c1. The van der Waals surface area contributed by atoms with Crippen molar-refractivity contribution in [2.45, 2.75) is 33.7 Å². The molecule has 2 heterocycles. The van der Waals surface area contributed by atoms with Crippen molar-refractivity contribution >= 4 is 27.8 Å². The molecule has 0 spiro atoms. The highest BCUT2D eigenvalue weighted by Gasteiger charge is 2.12. The Morgan fingerprint density at radius 2 is 2.17 bits per heavy atom. The summed E-state index contributed by atoms with van der Waals surface area (Å²) in [5.41, 5.74) is 2.84. The van der Waals surface area contributed by atoms with Gasteiger partial charge in [-0.15, -0.1) is 0 Å². The van der Waals surface area contributed by atoms with E-state index in [1.807, 2.05) is 25.1 Å². The summed E-state index contributed by atoms with van der Waals surface area (Å²) in [5, 5.41) is 3.76. The maximum atomic E-state index is 12.6. The molecule has 2 N–H and O–H groups in total. The van der Waals surface area contributed by atoms with Crippen molar-refractivity contribution < 1.29 is 4.79 Å². The van der Waals surface area contributed by atoms with Crippen LogP contribution in [0.15, 0.2) is 29.3 Å². The predicted octanol–water partition coefficient (Wildman–Crippen LogP) is 2.35. The van der Waals surface area contributed by atoms with E-state index in [0.29, 0.717) is 23.5 Å². The molecular formula is C18H22N4O2. The van der Waals surface area contributed by atoms with E-state index in [-0.39, 0.29) is 18.0 Å². The van der Waals surface area contributed by atoms with Gasteiger partial charge in [0.2, 0.25) is 5.91 Å². The second kappa shape index (κ2) is 6.47. The Kier molecular flexibility index (Phi) is 4.38. The van der Waals surface area contributed by atoms with Crippen LogP contribution in [0.25, 0.3) is 21.9 Å². The number of fused-ring (bicyclic) bond motifs is 3. The van der Waals surface area contributed by atoms with Gasteiger partial charge in [-0.05, 0) is 31.4 Å². The van der Waals surface area contributed by atoms with E-state index in [1.165, 1.54) is 10.9 Å². The van der Waals surface area contributed by atoms with Crippen molar-refractivity contribution in [2.75, 3.05) is 6.54 Å². The van der Waals surface area contributed by atoms with Crippen molar-refractivity contribution in [3.8, 4) is 0 Å². The summed E-state index contributed by atoms with van der Waals surface area (Å²) in [4.78, 5) is 32.1. The molecule has 2 aromatic heterocycles. The topological polar surface area (TPSA) is 79.8 Å². The third kappa shape index (κ3) is 3.18.